The molecule has 0 radical (unpaired) electrons. The van der Waals surface area contributed by atoms with Crippen molar-refractivity contribution in [2.45, 2.75) is 38.5 Å². The standard InChI is InChI=1S/C19H27NO2/c21-19(20-14-16-22-17-15-20)13-9-4-2-1-3-6-10-18-11-7-5-8-12-18/h3,5-8,11-12H,1-2,4,9-10,13-17H2/b6-3+. The smallest absolute Gasteiger partial charge is 0.222 e. The zero-order valence-electron chi connectivity index (χ0n) is 13.4. The molecule has 120 valence electrons. The molecule has 0 saturated carbocycles. The molecule has 1 saturated heterocycles. The van der Waals surface area contributed by atoms with Gasteiger partial charge in [0.05, 0.1) is 13.2 Å². The van der Waals surface area contributed by atoms with Crippen molar-refractivity contribution >= 4 is 5.91 Å². The average molecular weight is 301 g/mol. The minimum absolute atomic E-state index is 0.294. The van der Waals surface area contributed by atoms with Crippen LogP contribution in [0.25, 0.3) is 0 Å². The number of morpholine rings is 1. The third-order valence-electron chi connectivity index (χ3n) is 3.99. The molecule has 1 heterocycles. The molecule has 0 bridgehead atoms. The molecule has 1 aliphatic heterocycles. The Morgan fingerprint density at radius 1 is 1.05 bits per heavy atom. The molecule has 22 heavy (non-hydrogen) atoms. The largest absolute Gasteiger partial charge is 0.378 e. The number of carbonyl (C=O) groups is 1. The molecule has 1 aromatic carbocycles. The SMILES string of the molecule is O=C(CCCCC/C=C/Cc1ccccc1)N1CCOCC1. The summed E-state index contributed by atoms with van der Waals surface area (Å²) in [4.78, 5) is 13.9. The number of allylic oxidation sites excluding steroid dienone is 2. The van der Waals surface area contributed by atoms with Crippen LogP contribution in [0.5, 0.6) is 0 Å². The molecule has 0 aromatic heterocycles. The maximum atomic E-state index is 11.9. The molecule has 1 amide bonds. The van der Waals surface area contributed by atoms with Gasteiger partial charge in [0.2, 0.25) is 5.91 Å². The first-order valence-electron chi connectivity index (χ1n) is 8.41. The molecule has 1 aromatic rings. The second kappa shape index (κ2) is 10.2. The van der Waals surface area contributed by atoms with Gasteiger partial charge in [0.1, 0.15) is 0 Å². The Labute approximate surface area is 134 Å². The van der Waals surface area contributed by atoms with E-state index in [2.05, 4.69) is 36.4 Å². The van der Waals surface area contributed by atoms with Gasteiger partial charge in [-0.3, -0.25) is 4.79 Å². The number of hydrogen-bond donors (Lipinski definition) is 0. The van der Waals surface area contributed by atoms with Gasteiger partial charge in [-0.15, -0.1) is 0 Å². The minimum Gasteiger partial charge on any atom is -0.378 e. The molecule has 1 fully saturated rings. The average Bonchev–Trinajstić information content (AvgIpc) is 2.59. The number of rotatable bonds is 8. The van der Waals surface area contributed by atoms with Crippen molar-refractivity contribution in [1.82, 2.24) is 4.90 Å². The molecule has 2 rings (SSSR count). The Kier molecular flexibility index (Phi) is 7.75. The Morgan fingerprint density at radius 2 is 1.82 bits per heavy atom. The van der Waals surface area contributed by atoms with Crippen molar-refractivity contribution in [1.29, 1.82) is 0 Å². The fraction of sp³-hybridized carbons (Fsp3) is 0.526. The van der Waals surface area contributed by atoms with Gasteiger partial charge >= 0.3 is 0 Å². The number of unbranched alkanes of at least 4 members (excludes halogenated alkanes) is 3. The third-order valence-corrected chi connectivity index (χ3v) is 3.99. The quantitative estimate of drug-likeness (QED) is 0.542. The van der Waals surface area contributed by atoms with Crippen molar-refractivity contribution in [2.24, 2.45) is 0 Å². The minimum atomic E-state index is 0.294. The van der Waals surface area contributed by atoms with Crippen LogP contribution in [-0.4, -0.2) is 37.1 Å². The second-order valence-corrected chi connectivity index (χ2v) is 5.75. The third kappa shape index (κ3) is 6.44. The maximum absolute atomic E-state index is 11.9. The summed E-state index contributed by atoms with van der Waals surface area (Å²) in [6, 6.07) is 10.5. The van der Waals surface area contributed by atoms with E-state index in [1.54, 1.807) is 0 Å². The van der Waals surface area contributed by atoms with Crippen LogP contribution in [0.3, 0.4) is 0 Å². The van der Waals surface area contributed by atoms with Crippen molar-refractivity contribution < 1.29 is 9.53 Å². The Hall–Kier alpha value is -1.61. The highest BCUT2D eigenvalue weighted by Crippen LogP contribution is 2.08. The van der Waals surface area contributed by atoms with Crippen LogP contribution in [0.15, 0.2) is 42.5 Å². The molecule has 0 N–H and O–H groups in total. The summed E-state index contributed by atoms with van der Waals surface area (Å²) < 4.78 is 5.26. The Bertz CT molecular complexity index is 450. The zero-order chi connectivity index (χ0) is 15.5. The summed E-state index contributed by atoms with van der Waals surface area (Å²) in [6.07, 6.45) is 10.6. The summed E-state index contributed by atoms with van der Waals surface area (Å²) in [6.45, 7) is 2.91. The van der Waals surface area contributed by atoms with Gasteiger partial charge in [-0.25, -0.2) is 0 Å². The molecule has 1 aliphatic rings. The molecular formula is C19H27NO2. The van der Waals surface area contributed by atoms with E-state index in [1.165, 1.54) is 12.0 Å². The fourth-order valence-electron chi connectivity index (χ4n) is 2.64. The van der Waals surface area contributed by atoms with Crippen LogP contribution in [-0.2, 0) is 16.0 Å². The number of ether oxygens (including phenoxy) is 1. The predicted octanol–water partition coefficient (Wildman–Crippen LogP) is 3.59. The normalized spacial score (nSPS) is 15.4. The van der Waals surface area contributed by atoms with Gasteiger partial charge in [-0.2, -0.15) is 0 Å². The summed E-state index contributed by atoms with van der Waals surface area (Å²) in [5, 5.41) is 0. The molecule has 3 heteroatoms. The molecule has 0 unspecified atom stereocenters. The van der Waals surface area contributed by atoms with Gasteiger partial charge < -0.3 is 9.64 Å². The Balaban J connectivity index is 1.48. The predicted molar refractivity (Wildman–Crippen MR) is 89.8 cm³/mol. The van der Waals surface area contributed by atoms with E-state index >= 15 is 0 Å². The molecular weight excluding hydrogens is 274 g/mol. The highest BCUT2D eigenvalue weighted by molar-refractivity contribution is 5.76. The van der Waals surface area contributed by atoms with E-state index in [1.807, 2.05) is 11.0 Å². The van der Waals surface area contributed by atoms with Crippen LogP contribution in [0, 0.1) is 0 Å². The lowest BCUT2D eigenvalue weighted by Crippen LogP contribution is -2.40. The van der Waals surface area contributed by atoms with Crippen LogP contribution >= 0.6 is 0 Å². The lowest BCUT2D eigenvalue weighted by Gasteiger charge is -2.26. The van der Waals surface area contributed by atoms with Crippen molar-refractivity contribution in [2.75, 3.05) is 26.3 Å². The van der Waals surface area contributed by atoms with E-state index in [0.717, 1.165) is 38.8 Å². The van der Waals surface area contributed by atoms with Gasteiger partial charge in [0, 0.05) is 19.5 Å². The van der Waals surface area contributed by atoms with Crippen molar-refractivity contribution in [3.05, 3.63) is 48.0 Å². The van der Waals surface area contributed by atoms with Crippen LogP contribution < -0.4 is 0 Å². The summed E-state index contributed by atoms with van der Waals surface area (Å²) in [7, 11) is 0. The van der Waals surface area contributed by atoms with Crippen LogP contribution in [0.2, 0.25) is 0 Å². The lowest BCUT2D eigenvalue weighted by molar-refractivity contribution is -0.135. The van der Waals surface area contributed by atoms with E-state index in [0.29, 0.717) is 25.5 Å². The van der Waals surface area contributed by atoms with Gasteiger partial charge in [0.15, 0.2) is 0 Å². The first-order valence-corrected chi connectivity index (χ1v) is 8.41. The van der Waals surface area contributed by atoms with E-state index < -0.39 is 0 Å². The number of carbonyl (C=O) groups excluding carboxylic acids is 1. The molecule has 0 atom stereocenters. The monoisotopic (exact) mass is 301 g/mol. The van der Waals surface area contributed by atoms with Crippen LogP contribution in [0.4, 0.5) is 0 Å². The second-order valence-electron chi connectivity index (χ2n) is 5.75. The highest BCUT2D eigenvalue weighted by atomic mass is 16.5. The maximum Gasteiger partial charge on any atom is 0.222 e. The lowest BCUT2D eigenvalue weighted by atomic mass is 10.1. The van der Waals surface area contributed by atoms with E-state index in [-0.39, 0.29) is 0 Å². The molecule has 0 spiro atoms. The molecule has 0 aliphatic carbocycles. The summed E-state index contributed by atoms with van der Waals surface area (Å²) >= 11 is 0. The Morgan fingerprint density at radius 3 is 2.59 bits per heavy atom. The van der Waals surface area contributed by atoms with Crippen LogP contribution in [0.1, 0.15) is 37.7 Å². The van der Waals surface area contributed by atoms with Gasteiger partial charge in [-0.05, 0) is 31.2 Å². The zero-order valence-corrected chi connectivity index (χ0v) is 13.4. The highest BCUT2D eigenvalue weighted by Gasteiger charge is 2.15. The van der Waals surface area contributed by atoms with E-state index in [9.17, 15) is 4.79 Å². The van der Waals surface area contributed by atoms with Crippen molar-refractivity contribution in [3.8, 4) is 0 Å². The number of nitrogens with zero attached hydrogens (tertiary/aromatic N) is 1. The number of hydrogen-bond acceptors (Lipinski definition) is 2. The van der Waals surface area contributed by atoms with Gasteiger partial charge in [0.25, 0.3) is 0 Å². The first kappa shape index (κ1) is 16.8. The summed E-state index contributed by atoms with van der Waals surface area (Å²) in [5.74, 6) is 0.294. The summed E-state index contributed by atoms with van der Waals surface area (Å²) in [5.41, 5.74) is 1.36. The van der Waals surface area contributed by atoms with Crippen molar-refractivity contribution in [3.63, 3.8) is 0 Å². The van der Waals surface area contributed by atoms with Gasteiger partial charge in [-0.1, -0.05) is 48.9 Å². The topological polar surface area (TPSA) is 29.5 Å². The number of amides is 1. The first-order chi connectivity index (χ1) is 10.9. The van der Waals surface area contributed by atoms with E-state index in [4.69, 9.17) is 4.74 Å². The molecule has 3 nitrogen and oxygen atoms in total. The number of benzene rings is 1. The fourth-order valence-corrected chi connectivity index (χ4v) is 2.64.